The number of thiazole rings is 1. The van der Waals surface area contributed by atoms with Gasteiger partial charge in [0.15, 0.2) is 4.80 Å². The summed E-state index contributed by atoms with van der Waals surface area (Å²) in [5, 5.41) is 0.934. The molecule has 182 valence electrons. The molecule has 6 nitrogen and oxygen atoms in total. The van der Waals surface area contributed by atoms with E-state index < -0.39 is 12.0 Å². The Labute approximate surface area is 216 Å². The molecule has 1 atom stereocenters. The molecule has 1 aliphatic heterocycles. The Hall–Kier alpha value is -2.87. The van der Waals surface area contributed by atoms with E-state index in [-0.39, 0.29) is 18.3 Å². The molecule has 0 fully saturated rings. The van der Waals surface area contributed by atoms with E-state index in [1.165, 1.54) is 15.9 Å². The van der Waals surface area contributed by atoms with Crippen LogP contribution in [0.5, 0.6) is 5.75 Å². The van der Waals surface area contributed by atoms with E-state index in [9.17, 15) is 9.59 Å². The number of rotatable bonds is 6. The zero-order chi connectivity index (χ0) is 25.3. The Bertz CT molecular complexity index is 1500. The molecule has 0 saturated carbocycles. The minimum absolute atomic E-state index is 0.102. The van der Waals surface area contributed by atoms with E-state index >= 15 is 0 Å². The number of fused-ring (bicyclic) bond motifs is 1. The molecule has 0 saturated heterocycles. The van der Waals surface area contributed by atoms with Crippen LogP contribution >= 0.6 is 34.5 Å². The fourth-order valence-electron chi connectivity index (χ4n) is 3.91. The minimum atomic E-state index is -0.761. The first kappa shape index (κ1) is 25.2. The smallest absolute Gasteiger partial charge is 0.338 e. The van der Waals surface area contributed by atoms with Crippen molar-refractivity contribution in [3.63, 3.8) is 0 Å². The Morgan fingerprint density at radius 1 is 1.23 bits per heavy atom. The van der Waals surface area contributed by atoms with Gasteiger partial charge in [-0.25, -0.2) is 9.79 Å². The number of allylic oxidation sites excluding steroid dienone is 1. The number of ether oxygens (including phenoxy) is 2. The molecule has 3 aromatic rings. The van der Waals surface area contributed by atoms with Crippen LogP contribution < -0.4 is 19.6 Å². The summed E-state index contributed by atoms with van der Waals surface area (Å²) < 4.78 is 13.4. The average molecular weight is 531 g/mol. The summed E-state index contributed by atoms with van der Waals surface area (Å²) in [5.41, 5.74) is 1.83. The van der Waals surface area contributed by atoms with Crippen molar-refractivity contribution in [1.29, 1.82) is 0 Å². The minimum Gasteiger partial charge on any atom is -0.491 e. The van der Waals surface area contributed by atoms with Crippen LogP contribution in [0.1, 0.15) is 44.9 Å². The number of carbonyl (C=O) groups is 1. The molecule has 0 radical (unpaired) electrons. The van der Waals surface area contributed by atoms with E-state index in [1.54, 1.807) is 38.1 Å². The number of esters is 1. The second-order valence-electron chi connectivity index (χ2n) is 8.17. The van der Waals surface area contributed by atoms with Crippen LogP contribution in [0.2, 0.25) is 10.0 Å². The number of hydrogen-bond donors (Lipinski definition) is 0. The topological polar surface area (TPSA) is 69.9 Å². The normalized spacial score (nSPS) is 15.7. The number of aromatic nitrogens is 1. The first-order chi connectivity index (χ1) is 16.7. The zero-order valence-corrected chi connectivity index (χ0v) is 22.0. The van der Waals surface area contributed by atoms with E-state index in [0.717, 1.165) is 0 Å². The van der Waals surface area contributed by atoms with Crippen LogP contribution in [0.4, 0.5) is 0 Å². The van der Waals surface area contributed by atoms with E-state index in [0.29, 0.717) is 47.5 Å². The van der Waals surface area contributed by atoms with Gasteiger partial charge in [0.1, 0.15) is 11.8 Å². The number of carbonyl (C=O) groups excluding carboxylic acids is 1. The molecule has 9 heteroatoms. The summed E-state index contributed by atoms with van der Waals surface area (Å²) in [7, 11) is 0. The fraction of sp³-hybridized carbons (Fsp3) is 0.269. The molecule has 0 N–H and O–H groups in total. The molecule has 0 unspecified atom stereocenters. The molecular weight excluding hydrogens is 507 g/mol. The molecule has 2 aromatic carbocycles. The van der Waals surface area contributed by atoms with Crippen LogP contribution in [0.15, 0.2) is 63.5 Å². The summed E-state index contributed by atoms with van der Waals surface area (Å²) in [6.45, 7) is 7.53. The van der Waals surface area contributed by atoms with Crippen molar-refractivity contribution >= 4 is 46.6 Å². The quantitative estimate of drug-likeness (QED) is 0.425. The van der Waals surface area contributed by atoms with Crippen molar-refractivity contribution in [2.24, 2.45) is 4.99 Å². The number of para-hydroxylation sites is 1. The average Bonchev–Trinajstić information content (AvgIpc) is 3.09. The molecule has 35 heavy (non-hydrogen) atoms. The van der Waals surface area contributed by atoms with Gasteiger partial charge >= 0.3 is 5.97 Å². The summed E-state index contributed by atoms with van der Waals surface area (Å²) in [6, 6.07) is 11.7. The first-order valence-electron chi connectivity index (χ1n) is 11.1. The van der Waals surface area contributed by atoms with E-state index in [2.05, 4.69) is 4.99 Å². The zero-order valence-electron chi connectivity index (χ0n) is 19.7. The van der Waals surface area contributed by atoms with Gasteiger partial charge in [-0.2, -0.15) is 0 Å². The highest BCUT2D eigenvalue weighted by Crippen LogP contribution is 2.36. The van der Waals surface area contributed by atoms with Gasteiger partial charge in [0, 0.05) is 15.6 Å². The standard InChI is InChI=1S/C26H24Cl2N2O4S/c1-5-33-25(32)22-15(4)29-26-30(23(22)18-8-6-7-9-20(18)34-14(2)3)24(31)21(35-26)12-16-10-11-17(27)13-19(16)28/h6-14,23H,5H2,1-4H3/b21-12+/t23-/m1/s1. The lowest BCUT2D eigenvalue weighted by atomic mass is 9.95. The van der Waals surface area contributed by atoms with Gasteiger partial charge in [0.05, 0.1) is 28.5 Å². The van der Waals surface area contributed by atoms with Crippen LogP contribution in [0.3, 0.4) is 0 Å². The van der Waals surface area contributed by atoms with Gasteiger partial charge in [-0.05, 0) is 57.5 Å². The predicted octanol–water partition coefficient (Wildman–Crippen LogP) is 4.89. The molecule has 0 aliphatic carbocycles. The summed E-state index contributed by atoms with van der Waals surface area (Å²) >= 11 is 13.6. The third-order valence-electron chi connectivity index (χ3n) is 5.34. The lowest BCUT2D eigenvalue weighted by Crippen LogP contribution is -2.40. The number of nitrogens with zero attached hydrogens (tertiary/aromatic N) is 2. The summed E-state index contributed by atoms with van der Waals surface area (Å²) in [5.74, 6) is 0.0625. The maximum Gasteiger partial charge on any atom is 0.338 e. The summed E-state index contributed by atoms with van der Waals surface area (Å²) in [4.78, 5) is 31.9. The van der Waals surface area contributed by atoms with E-state index in [1.807, 2.05) is 38.1 Å². The van der Waals surface area contributed by atoms with Gasteiger partial charge < -0.3 is 9.47 Å². The van der Waals surface area contributed by atoms with Crippen molar-refractivity contribution < 1.29 is 14.3 Å². The molecule has 0 amide bonds. The molecule has 1 aliphatic rings. The Balaban J connectivity index is 1.99. The van der Waals surface area contributed by atoms with E-state index in [4.69, 9.17) is 32.7 Å². The van der Waals surface area contributed by atoms with Gasteiger partial charge in [-0.3, -0.25) is 9.36 Å². The molecule has 0 spiro atoms. The van der Waals surface area contributed by atoms with Crippen LogP contribution in [-0.4, -0.2) is 23.2 Å². The third-order valence-corrected chi connectivity index (χ3v) is 6.89. The number of halogens is 2. The van der Waals surface area contributed by atoms with Gasteiger partial charge in [0.25, 0.3) is 5.56 Å². The highest BCUT2D eigenvalue weighted by Gasteiger charge is 2.35. The van der Waals surface area contributed by atoms with Crippen molar-refractivity contribution in [2.45, 2.75) is 39.8 Å². The second kappa shape index (κ2) is 10.4. The Morgan fingerprint density at radius 3 is 2.66 bits per heavy atom. The molecule has 1 aromatic heterocycles. The molecule has 0 bridgehead atoms. The number of benzene rings is 2. The van der Waals surface area contributed by atoms with Crippen molar-refractivity contribution in [3.05, 3.63) is 94.6 Å². The first-order valence-corrected chi connectivity index (χ1v) is 12.7. The maximum atomic E-state index is 13.7. The van der Waals surface area contributed by atoms with Gasteiger partial charge in [-0.1, -0.05) is 58.8 Å². The fourth-order valence-corrected chi connectivity index (χ4v) is 5.41. The summed E-state index contributed by atoms with van der Waals surface area (Å²) in [6.07, 6.45) is 1.61. The lowest BCUT2D eigenvalue weighted by molar-refractivity contribution is -0.139. The predicted molar refractivity (Wildman–Crippen MR) is 139 cm³/mol. The monoisotopic (exact) mass is 530 g/mol. The SMILES string of the molecule is CCOC(=O)C1=C(C)N=c2s/c(=C/c3ccc(Cl)cc3Cl)c(=O)n2[C@@H]1c1ccccc1OC(C)C. The molecule has 4 rings (SSSR count). The highest BCUT2D eigenvalue weighted by molar-refractivity contribution is 7.07. The van der Waals surface area contributed by atoms with Gasteiger partial charge in [0.2, 0.25) is 0 Å². The van der Waals surface area contributed by atoms with Crippen LogP contribution in [0, 0.1) is 0 Å². The van der Waals surface area contributed by atoms with Crippen molar-refractivity contribution in [1.82, 2.24) is 4.57 Å². The highest BCUT2D eigenvalue weighted by atomic mass is 35.5. The maximum absolute atomic E-state index is 13.7. The lowest BCUT2D eigenvalue weighted by Gasteiger charge is -2.26. The Kier molecular flexibility index (Phi) is 7.50. The van der Waals surface area contributed by atoms with Crippen molar-refractivity contribution in [3.8, 4) is 5.75 Å². The van der Waals surface area contributed by atoms with Crippen LogP contribution in [-0.2, 0) is 9.53 Å². The Morgan fingerprint density at radius 2 is 1.97 bits per heavy atom. The van der Waals surface area contributed by atoms with Gasteiger partial charge in [-0.15, -0.1) is 0 Å². The molecular formula is C26H24Cl2N2O4S. The number of hydrogen-bond acceptors (Lipinski definition) is 6. The van der Waals surface area contributed by atoms with Crippen LogP contribution in [0.25, 0.3) is 6.08 Å². The molecule has 2 heterocycles. The second-order valence-corrected chi connectivity index (χ2v) is 10.0. The third kappa shape index (κ3) is 5.08. The van der Waals surface area contributed by atoms with Crippen molar-refractivity contribution in [2.75, 3.05) is 6.61 Å². The largest absolute Gasteiger partial charge is 0.491 e.